The van der Waals surface area contributed by atoms with E-state index in [9.17, 15) is 9.90 Å². The monoisotopic (exact) mass is 457 g/mol. The smallest absolute Gasteiger partial charge is 0.372 e. The van der Waals surface area contributed by atoms with E-state index in [1.807, 2.05) is 12.1 Å². The Morgan fingerprint density at radius 2 is 2.09 bits per heavy atom. The molecule has 1 N–H and O–H groups in total. The molecule has 2 unspecified atom stereocenters. The lowest BCUT2D eigenvalue weighted by molar-refractivity contribution is 0.226. The molecule has 0 aromatic heterocycles. The zero-order valence-electron chi connectivity index (χ0n) is 20.2. The molecule has 1 saturated heterocycles. The second-order valence-corrected chi connectivity index (χ2v) is 10.6. The molecule has 4 atom stereocenters. The van der Waals surface area contributed by atoms with Crippen molar-refractivity contribution in [1.82, 2.24) is 4.90 Å². The molecule has 1 aromatic rings. The molecule has 32 heavy (non-hydrogen) atoms. The van der Waals surface area contributed by atoms with Crippen LogP contribution >= 0.6 is 11.8 Å². The largest absolute Gasteiger partial charge is 0.507 e. The average Bonchev–Trinajstić information content (AvgIpc) is 3.42. The molecule has 1 heterocycles. The quantitative estimate of drug-likeness (QED) is 0.176. The number of hydrogen-bond acceptors (Lipinski definition) is 5. The lowest BCUT2D eigenvalue weighted by atomic mass is 9.73. The lowest BCUT2D eigenvalue weighted by Crippen LogP contribution is -2.18. The second-order valence-electron chi connectivity index (χ2n) is 9.60. The fraction of sp³-hybridized carbons (Fsp3) is 0.593. The van der Waals surface area contributed by atoms with Gasteiger partial charge in [-0.05, 0) is 88.4 Å². The Kier molecular flexibility index (Phi) is 8.89. The van der Waals surface area contributed by atoms with Gasteiger partial charge in [-0.3, -0.25) is 0 Å². The highest BCUT2D eigenvalue weighted by Crippen LogP contribution is 2.47. The molecule has 0 spiro atoms. The van der Waals surface area contributed by atoms with Gasteiger partial charge in [0.15, 0.2) is 0 Å². The number of rotatable bonds is 10. The summed E-state index contributed by atoms with van der Waals surface area (Å²) < 4.78 is 5.91. The van der Waals surface area contributed by atoms with Crippen molar-refractivity contribution in [3.05, 3.63) is 47.1 Å². The van der Waals surface area contributed by atoms with Crippen LogP contribution in [0.5, 0.6) is 11.5 Å². The first-order chi connectivity index (χ1) is 15.3. The van der Waals surface area contributed by atoms with E-state index in [4.69, 9.17) is 4.74 Å². The number of carbonyl (C=O) groups excluding carboxylic acids is 1. The molecule has 1 aliphatic carbocycles. The summed E-state index contributed by atoms with van der Waals surface area (Å²) in [4.78, 5) is 15.0. The number of hydrogen-bond donors (Lipinski definition) is 1. The Morgan fingerprint density at radius 1 is 1.34 bits per heavy atom. The fourth-order valence-corrected chi connectivity index (χ4v) is 5.42. The van der Waals surface area contributed by atoms with Gasteiger partial charge < -0.3 is 14.7 Å². The molecular formula is C27H39NO3S. The summed E-state index contributed by atoms with van der Waals surface area (Å²) in [5, 5.41) is 10.8. The van der Waals surface area contributed by atoms with E-state index < -0.39 is 0 Å². The van der Waals surface area contributed by atoms with Gasteiger partial charge in [-0.2, -0.15) is 0 Å². The minimum atomic E-state index is -0.289. The van der Waals surface area contributed by atoms with Crippen molar-refractivity contribution in [3.63, 3.8) is 0 Å². The second kappa shape index (κ2) is 11.4. The Morgan fingerprint density at radius 3 is 2.75 bits per heavy atom. The standard InChI is InChI=1S/C27H39NO3S/c1-6-7-8-9-20-15-24(29)26(23-14-19(4)10-11-22(23)18(2)3)25(16-20)31-27(30)32-13-12-21-17-28(21)5/h14-16,21-23,29H,2,6-13,17H2,1,3-5H3/t21?,22-,23+,28?/m0/s1. The van der Waals surface area contributed by atoms with Gasteiger partial charge in [0.2, 0.25) is 0 Å². The van der Waals surface area contributed by atoms with Crippen molar-refractivity contribution in [2.75, 3.05) is 19.3 Å². The third-order valence-electron chi connectivity index (χ3n) is 6.82. The average molecular weight is 458 g/mol. The number of thioether (sulfide) groups is 1. The van der Waals surface area contributed by atoms with Crippen LogP contribution in [-0.2, 0) is 6.42 Å². The maximum atomic E-state index is 12.7. The highest BCUT2D eigenvalue weighted by molar-refractivity contribution is 8.13. The van der Waals surface area contributed by atoms with Crippen molar-refractivity contribution in [2.45, 2.75) is 77.7 Å². The molecule has 2 aliphatic rings. The number of aromatic hydroxyl groups is 1. The molecule has 3 rings (SSSR count). The first kappa shape index (κ1) is 24.9. The molecule has 0 bridgehead atoms. The van der Waals surface area contributed by atoms with E-state index in [-0.39, 0.29) is 22.9 Å². The van der Waals surface area contributed by atoms with Crippen LogP contribution in [0, 0.1) is 5.92 Å². The number of unbranched alkanes of at least 4 members (excludes halogenated alkanes) is 2. The number of phenols is 1. The number of benzene rings is 1. The number of carbonyl (C=O) groups is 1. The van der Waals surface area contributed by atoms with Gasteiger partial charge in [-0.15, -0.1) is 0 Å². The molecule has 176 valence electrons. The first-order valence-corrected chi connectivity index (χ1v) is 13.0. The van der Waals surface area contributed by atoms with Crippen molar-refractivity contribution >= 4 is 17.1 Å². The minimum absolute atomic E-state index is 0.0288. The minimum Gasteiger partial charge on any atom is -0.507 e. The highest BCUT2D eigenvalue weighted by Gasteiger charge is 2.32. The van der Waals surface area contributed by atoms with Crippen molar-refractivity contribution < 1.29 is 14.6 Å². The van der Waals surface area contributed by atoms with E-state index in [0.717, 1.165) is 73.9 Å². The van der Waals surface area contributed by atoms with Crippen LogP contribution in [0.3, 0.4) is 0 Å². The van der Waals surface area contributed by atoms with Crippen LogP contribution < -0.4 is 4.74 Å². The summed E-state index contributed by atoms with van der Waals surface area (Å²) in [6.45, 7) is 11.7. The molecule has 1 aromatic carbocycles. The molecule has 0 radical (unpaired) electrons. The van der Waals surface area contributed by atoms with Gasteiger partial charge in [-0.25, -0.2) is 4.79 Å². The maximum Gasteiger partial charge on any atom is 0.372 e. The van der Waals surface area contributed by atoms with Crippen LogP contribution in [0.25, 0.3) is 0 Å². The molecule has 0 amide bonds. The Hall–Kier alpha value is -1.72. The summed E-state index contributed by atoms with van der Waals surface area (Å²) in [5.41, 5.74) is 4.16. The highest BCUT2D eigenvalue weighted by atomic mass is 32.2. The van der Waals surface area contributed by atoms with E-state index in [1.165, 1.54) is 17.3 Å². The fourth-order valence-electron chi connectivity index (χ4n) is 4.71. The Labute approximate surface area is 198 Å². The number of allylic oxidation sites excluding steroid dienone is 3. The van der Waals surface area contributed by atoms with Crippen molar-refractivity contribution in [1.29, 1.82) is 0 Å². The van der Waals surface area contributed by atoms with Crippen molar-refractivity contribution in [3.8, 4) is 11.5 Å². The molecule has 0 saturated carbocycles. The van der Waals surface area contributed by atoms with Gasteiger partial charge in [0, 0.05) is 29.8 Å². The van der Waals surface area contributed by atoms with Crippen molar-refractivity contribution in [2.24, 2.45) is 5.92 Å². The lowest BCUT2D eigenvalue weighted by Gasteiger charge is -2.32. The summed E-state index contributed by atoms with van der Waals surface area (Å²) >= 11 is 1.24. The van der Waals surface area contributed by atoms with Crippen LogP contribution in [0.1, 0.15) is 76.3 Å². The third-order valence-corrected chi connectivity index (χ3v) is 7.57. The summed E-state index contributed by atoms with van der Waals surface area (Å²) in [7, 11) is 2.10. The maximum absolute atomic E-state index is 12.7. The number of phenolic OH excluding ortho intramolecular Hbond substituents is 1. The third kappa shape index (κ3) is 6.64. The van der Waals surface area contributed by atoms with E-state index >= 15 is 0 Å². The van der Waals surface area contributed by atoms with Gasteiger partial charge in [-0.1, -0.05) is 43.6 Å². The number of likely N-dealkylation sites (N-methyl/N-ethyl adjacent to an activating group) is 1. The number of nitrogens with zero attached hydrogens (tertiary/aromatic N) is 1. The van der Waals surface area contributed by atoms with E-state index in [0.29, 0.717) is 11.8 Å². The van der Waals surface area contributed by atoms with Gasteiger partial charge in [0.1, 0.15) is 11.5 Å². The number of ether oxygens (including phenoxy) is 1. The Balaban J connectivity index is 1.85. The van der Waals surface area contributed by atoms with Crippen LogP contribution in [0.15, 0.2) is 35.9 Å². The topological polar surface area (TPSA) is 49.5 Å². The van der Waals surface area contributed by atoms with Gasteiger partial charge in [0.25, 0.3) is 0 Å². The predicted molar refractivity (Wildman–Crippen MR) is 135 cm³/mol. The molecule has 1 aliphatic heterocycles. The molecule has 1 fully saturated rings. The van der Waals surface area contributed by atoms with Crippen LogP contribution in [-0.4, -0.2) is 40.7 Å². The van der Waals surface area contributed by atoms with E-state index in [2.05, 4.69) is 45.4 Å². The zero-order valence-corrected chi connectivity index (χ0v) is 21.0. The molecule has 5 heteroatoms. The van der Waals surface area contributed by atoms with Crippen LogP contribution in [0.2, 0.25) is 0 Å². The van der Waals surface area contributed by atoms with E-state index in [1.54, 1.807) is 0 Å². The summed E-state index contributed by atoms with van der Waals surface area (Å²) in [6, 6.07) is 4.44. The summed E-state index contributed by atoms with van der Waals surface area (Å²) in [6.07, 6.45) is 9.47. The normalized spacial score (nSPS) is 24.7. The first-order valence-electron chi connectivity index (χ1n) is 12.0. The number of aryl methyl sites for hydroxylation is 1. The molecular weight excluding hydrogens is 418 g/mol. The molecule has 4 nitrogen and oxygen atoms in total. The predicted octanol–water partition coefficient (Wildman–Crippen LogP) is 7.08. The summed E-state index contributed by atoms with van der Waals surface area (Å²) in [5.74, 6) is 1.69. The zero-order chi connectivity index (χ0) is 23.3. The van der Waals surface area contributed by atoms with Gasteiger partial charge in [0.05, 0.1) is 0 Å². The van der Waals surface area contributed by atoms with Gasteiger partial charge >= 0.3 is 5.30 Å². The SMILES string of the molecule is C=C(C)[C@@H]1CCC(C)=C[C@H]1c1c(O)cc(CCCCC)cc1OC(=O)SCCC1CN1C. The van der Waals surface area contributed by atoms with Crippen LogP contribution in [0.4, 0.5) is 4.79 Å². The Bertz CT molecular complexity index is 863.